The fourth-order valence-corrected chi connectivity index (χ4v) is 1.43. The van der Waals surface area contributed by atoms with Crippen LogP contribution in [-0.2, 0) is 23.7 Å². The first-order valence-electron chi connectivity index (χ1n) is 5.93. The minimum atomic E-state index is -0.0941. The largest absolute Gasteiger partial charge is 0.370 e. The summed E-state index contributed by atoms with van der Waals surface area (Å²) >= 11 is 0. The molecule has 0 amide bonds. The fourth-order valence-electron chi connectivity index (χ4n) is 1.43. The molecule has 1 aliphatic rings. The van der Waals surface area contributed by atoms with Crippen LogP contribution in [0, 0.1) is 0 Å². The number of methoxy groups -OCH3 is 2. The Bertz CT molecular complexity index is 250. The van der Waals surface area contributed by atoms with Gasteiger partial charge in [-0.15, -0.1) is 6.58 Å². The van der Waals surface area contributed by atoms with E-state index in [2.05, 4.69) is 6.58 Å². The first kappa shape index (κ1) is 15.3. The van der Waals surface area contributed by atoms with E-state index < -0.39 is 0 Å². The fraction of sp³-hybridized carbons (Fsp3) is 0.692. The molecule has 1 heterocycles. The lowest BCUT2D eigenvalue weighted by Gasteiger charge is -2.14. The predicted octanol–water partition coefficient (Wildman–Crippen LogP) is 1.50. The molecule has 5 nitrogen and oxygen atoms in total. The van der Waals surface area contributed by atoms with E-state index in [-0.39, 0.29) is 31.9 Å². The zero-order chi connectivity index (χ0) is 13.2. The van der Waals surface area contributed by atoms with Gasteiger partial charge in [-0.1, -0.05) is 18.2 Å². The van der Waals surface area contributed by atoms with Crippen molar-refractivity contribution in [2.24, 2.45) is 0 Å². The molecule has 0 saturated carbocycles. The first-order valence-corrected chi connectivity index (χ1v) is 5.93. The van der Waals surface area contributed by atoms with E-state index in [4.69, 9.17) is 23.7 Å². The second-order valence-corrected chi connectivity index (χ2v) is 3.93. The van der Waals surface area contributed by atoms with Crippen molar-refractivity contribution in [1.29, 1.82) is 0 Å². The Kier molecular flexibility index (Phi) is 7.88. The van der Waals surface area contributed by atoms with Crippen molar-refractivity contribution in [1.82, 2.24) is 0 Å². The van der Waals surface area contributed by atoms with Gasteiger partial charge in [0.05, 0.1) is 12.7 Å². The molecule has 5 heteroatoms. The smallest absolute Gasteiger partial charge is 0.147 e. The summed E-state index contributed by atoms with van der Waals surface area (Å²) in [5.41, 5.74) is 0. The Morgan fingerprint density at radius 3 is 2.44 bits per heavy atom. The van der Waals surface area contributed by atoms with Crippen LogP contribution in [0.5, 0.6) is 0 Å². The number of rotatable bonds is 11. The van der Waals surface area contributed by atoms with E-state index in [0.717, 1.165) is 13.0 Å². The van der Waals surface area contributed by atoms with E-state index in [9.17, 15) is 0 Å². The van der Waals surface area contributed by atoms with Gasteiger partial charge in [0.25, 0.3) is 0 Å². The number of epoxide rings is 1. The van der Waals surface area contributed by atoms with E-state index >= 15 is 0 Å². The molecule has 0 unspecified atom stereocenters. The van der Waals surface area contributed by atoms with Gasteiger partial charge < -0.3 is 23.7 Å². The summed E-state index contributed by atoms with van der Waals surface area (Å²) < 4.78 is 26.0. The Labute approximate surface area is 108 Å². The van der Waals surface area contributed by atoms with Crippen molar-refractivity contribution in [3.05, 3.63) is 24.8 Å². The van der Waals surface area contributed by atoms with Crippen LogP contribution in [0.2, 0.25) is 0 Å². The minimum absolute atomic E-state index is 0.0603. The summed E-state index contributed by atoms with van der Waals surface area (Å²) in [6, 6.07) is 0. The van der Waals surface area contributed by atoms with Crippen molar-refractivity contribution in [3.63, 3.8) is 0 Å². The van der Waals surface area contributed by atoms with Gasteiger partial charge in [0.1, 0.15) is 25.8 Å². The van der Waals surface area contributed by atoms with Crippen molar-refractivity contribution < 1.29 is 23.7 Å². The van der Waals surface area contributed by atoms with Crippen LogP contribution in [-0.4, -0.2) is 52.7 Å². The molecule has 104 valence electrons. The highest BCUT2D eigenvalue weighted by Crippen LogP contribution is 2.19. The molecule has 0 aromatic carbocycles. The van der Waals surface area contributed by atoms with Crippen molar-refractivity contribution in [2.45, 2.75) is 24.7 Å². The predicted molar refractivity (Wildman–Crippen MR) is 67.2 cm³/mol. The molecule has 0 radical (unpaired) electrons. The van der Waals surface area contributed by atoms with Gasteiger partial charge in [-0.3, -0.25) is 0 Å². The maximum Gasteiger partial charge on any atom is 0.147 e. The summed E-state index contributed by atoms with van der Waals surface area (Å²) in [5.74, 6) is 0. The van der Waals surface area contributed by atoms with Gasteiger partial charge in [0.2, 0.25) is 0 Å². The van der Waals surface area contributed by atoms with Crippen LogP contribution >= 0.6 is 0 Å². The summed E-state index contributed by atoms with van der Waals surface area (Å²) in [6.07, 6.45) is 6.40. The lowest BCUT2D eigenvalue weighted by atomic mass is 10.2. The van der Waals surface area contributed by atoms with E-state index in [1.807, 2.05) is 18.2 Å². The second kappa shape index (κ2) is 9.24. The SMILES string of the molecule is C=CC[C@H](/C=C/[C@H](OCOC)[C@H]1CO1)OCOC. The molecule has 0 spiro atoms. The monoisotopic (exact) mass is 258 g/mol. The number of hydrogen-bond acceptors (Lipinski definition) is 5. The van der Waals surface area contributed by atoms with Crippen LogP contribution in [0.15, 0.2) is 24.8 Å². The minimum Gasteiger partial charge on any atom is -0.370 e. The number of ether oxygens (including phenoxy) is 5. The summed E-state index contributed by atoms with van der Waals surface area (Å²) in [7, 11) is 3.19. The Hall–Kier alpha value is -0.720. The third kappa shape index (κ3) is 6.28. The quantitative estimate of drug-likeness (QED) is 0.319. The third-order valence-corrected chi connectivity index (χ3v) is 2.42. The molecule has 0 aromatic rings. The van der Waals surface area contributed by atoms with Gasteiger partial charge in [0, 0.05) is 14.2 Å². The average Bonchev–Trinajstić information content (AvgIpc) is 3.20. The highest BCUT2D eigenvalue weighted by molar-refractivity contribution is 5.02. The molecule has 0 aromatic heterocycles. The zero-order valence-corrected chi connectivity index (χ0v) is 11.0. The van der Waals surface area contributed by atoms with Crippen LogP contribution < -0.4 is 0 Å². The van der Waals surface area contributed by atoms with Gasteiger partial charge in [-0.25, -0.2) is 0 Å². The molecule has 1 aliphatic heterocycles. The average molecular weight is 258 g/mol. The topological polar surface area (TPSA) is 49.5 Å². The van der Waals surface area contributed by atoms with Crippen LogP contribution in [0.25, 0.3) is 0 Å². The molecule has 18 heavy (non-hydrogen) atoms. The molecule has 1 fully saturated rings. The standard InChI is InChI=1S/C13H22O5/c1-4-5-11(17-9-14-2)6-7-12(13-8-16-13)18-10-15-3/h4,6-7,11-13H,1,5,8-10H2,2-3H3/b7-6+/t11-,12+,13-/m1/s1. The maximum atomic E-state index is 5.50. The van der Waals surface area contributed by atoms with E-state index in [0.29, 0.717) is 0 Å². The molecule has 1 rings (SSSR count). The number of hydrogen-bond donors (Lipinski definition) is 0. The van der Waals surface area contributed by atoms with Gasteiger partial charge in [-0.05, 0) is 6.42 Å². The lowest BCUT2D eigenvalue weighted by Crippen LogP contribution is -2.20. The van der Waals surface area contributed by atoms with Crippen LogP contribution in [0.4, 0.5) is 0 Å². The Morgan fingerprint density at radius 2 is 1.89 bits per heavy atom. The van der Waals surface area contributed by atoms with Crippen molar-refractivity contribution in [2.75, 3.05) is 34.4 Å². The maximum absolute atomic E-state index is 5.50. The Balaban J connectivity index is 2.41. The molecule has 3 atom stereocenters. The first-order chi connectivity index (χ1) is 8.81. The van der Waals surface area contributed by atoms with E-state index in [1.54, 1.807) is 14.2 Å². The summed E-state index contributed by atoms with van der Waals surface area (Å²) in [5, 5.41) is 0. The molecule has 0 aliphatic carbocycles. The lowest BCUT2D eigenvalue weighted by molar-refractivity contribution is -0.0653. The van der Waals surface area contributed by atoms with Gasteiger partial charge in [0.15, 0.2) is 0 Å². The zero-order valence-electron chi connectivity index (χ0n) is 11.0. The highest BCUT2D eigenvalue weighted by Gasteiger charge is 2.31. The second-order valence-electron chi connectivity index (χ2n) is 3.93. The third-order valence-electron chi connectivity index (χ3n) is 2.42. The van der Waals surface area contributed by atoms with E-state index in [1.165, 1.54) is 0 Å². The molecule has 0 N–H and O–H groups in total. The molecule has 0 bridgehead atoms. The van der Waals surface area contributed by atoms with Crippen LogP contribution in [0.3, 0.4) is 0 Å². The van der Waals surface area contributed by atoms with Crippen molar-refractivity contribution in [3.8, 4) is 0 Å². The molecule has 1 saturated heterocycles. The molecular formula is C13H22O5. The Morgan fingerprint density at radius 1 is 1.22 bits per heavy atom. The normalized spacial score (nSPS) is 22.0. The van der Waals surface area contributed by atoms with Gasteiger partial charge in [-0.2, -0.15) is 0 Å². The van der Waals surface area contributed by atoms with Gasteiger partial charge >= 0.3 is 0 Å². The van der Waals surface area contributed by atoms with Crippen molar-refractivity contribution >= 4 is 0 Å². The summed E-state index contributed by atoms with van der Waals surface area (Å²) in [6.45, 7) is 4.93. The summed E-state index contributed by atoms with van der Waals surface area (Å²) in [4.78, 5) is 0. The van der Waals surface area contributed by atoms with Crippen LogP contribution in [0.1, 0.15) is 6.42 Å². The highest BCUT2D eigenvalue weighted by atomic mass is 16.7. The molecular weight excluding hydrogens is 236 g/mol.